The zero-order chi connectivity index (χ0) is 4.12. The topological polar surface area (TPSA) is 0 Å². The first-order valence-corrected chi connectivity index (χ1v) is 3.15. The molecule has 0 unspecified atom stereocenters. The molecular weight excluding hydrogens is 104 g/mol. The molecule has 0 aromatic heterocycles. The summed E-state index contributed by atoms with van der Waals surface area (Å²) >= 11 is 1.96. The smallest absolute Gasteiger partial charge is 0.00961 e. The highest BCUT2D eigenvalue weighted by Gasteiger charge is 1.67. The maximum Gasteiger partial charge on any atom is -0.00961 e. The van der Waals surface area contributed by atoms with Gasteiger partial charge in [0.25, 0.3) is 0 Å². The highest BCUT2D eigenvalue weighted by atomic mass is 32.2. The van der Waals surface area contributed by atoms with Crippen molar-refractivity contribution in [2.24, 2.45) is 0 Å². The molecule has 0 spiro atoms. The number of rotatable bonds is 2. The summed E-state index contributed by atoms with van der Waals surface area (Å²) < 4.78 is 0. The molecule has 0 bridgehead atoms. The minimum atomic E-state index is 0. The summed E-state index contributed by atoms with van der Waals surface area (Å²) in [6.07, 6.45) is 0. The van der Waals surface area contributed by atoms with Crippen molar-refractivity contribution in [2.75, 3.05) is 11.5 Å². The molecule has 0 radical (unpaired) electrons. The first-order chi connectivity index (χ1) is 2.41. The molecule has 0 aromatic carbocycles. The molecule has 0 nitrogen and oxygen atoms in total. The van der Waals surface area contributed by atoms with Crippen LogP contribution in [0.15, 0.2) is 0 Å². The van der Waals surface area contributed by atoms with Crippen LogP contribution in [0.5, 0.6) is 0 Å². The Bertz CT molecular complexity index is 11.7. The van der Waals surface area contributed by atoms with Crippen molar-refractivity contribution < 1.29 is 0 Å². The van der Waals surface area contributed by atoms with Gasteiger partial charge in [-0.05, 0) is 11.5 Å². The van der Waals surface area contributed by atoms with E-state index in [0.29, 0.717) is 0 Å². The molecule has 1 heteroatoms. The molecule has 0 saturated heterocycles. The lowest BCUT2D eigenvalue weighted by atomic mass is 11.0. The highest BCUT2D eigenvalue weighted by molar-refractivity contribution is 7.99. The quantitative estimate of drug-likeness (QED) is 0.542. The van der Waals surface area contributed by atoms with Crippen LogP contribution in [-0.2, 0) is 0 Å². The van der Waals surface area contributed by atoms with E-state index in [1.807, 2.05) is 11.8 Å². The molecule has 7 heavy (non-hydrogen) atoms. The average molecular weight is 122 g/mol. The Kier molecular flexibility index (Phi) is 36.2. The molecule has 0 saturated carbocycles. The van der Waals surface area contributed by atoms with Crippen molar-refractivity contribution in [2.45, 2.75) is 28.7 Å². The Morgan fingerprint density at radius 1 is 1.00 bits per heavy atom. The molecule has 0 rings (SSSR count). The molecule has 48 valence electrons. The zero-order valence-electron chi connectivity index (χ0n) is 3.82. The van der Waals surface area contributed by atoms with E-state index in [9.17, 15) is 0 Å². The lowest BCUT2D eigenvalue weighted by molar-refractivity contribution is 1.46. The van der Waals surface area contributed by atoms with Crippen molar-refractivity contribution in [1.82, 2.24) is 0 Å². The fourth-order valence-corrected chi connectivity index (χ4v) is 0.612. The first-order valence-electron chi connectivity index (χ1n) is 1.99. The lowest BCUT2D eigenvalue weighted by Crippen LogP contribution is -1.64. The highest BCUT2D eigenvalue weighted by Crippen LogP contribution is 1.93. The number of thioether (sulfide) groups is 1. The Morgan fingerprint density at radius 2 is 1.29 bits per heavy atom. The molecule has 0 amide bonds. The Hall–Kier alpha value is 0.350. The van der Waals surface area contributed by atoms with Gasteiger partial charge in [0.05, 0.1) is 0 Å². The summed E-state index contributed by atoms with van der Waals surface area (Å²) in [5.74, 6) is 2.52. The minimum absolute atomic E-state index is 0. The molecule has 0 aliphatic carbocycles. The van der Waals surface area contributed by atoms with Crippen LogP contribution in [0.1, 0.15) is 28.7 Å². The van der Waals surface area contributed by atoms with E-state index in [0.717, 1.165) is 0 Å². The van der Waals surface area contributed by atoms with Gasteiger partial charge in [-0.15, -0.1) is 0 Å². The average Bonchev–Trinajstić information content (AvgIpc) is 1.41. The van der Waals surface area contributed by atoms with Gasteiger partial charge in [-0.1, -0.05) is 28.7 Å². The predicted molar refractivity (Wildman–Crippen MR) is 42.1 cm³/mol. The van der Waals surface area contributed by atoms with Crippen molar-refractivity contribution in [3.63, 3.8) is 0 Å². The molecule has 0 heterocycles. The second kappa shape index (κ2) is 16.2. The summed E-state index contributed by atoms with van der Waals surface area (Å²) in [6.45, 7) is 4.35. The van der Waals surface area contributed by atoms with Gasteiger partial charge < -0.3 is 0 Å². The summed E-state index contributed by atoms with van der Waals surface area (Å²) in [5, 5.41) is 0. The van der Waals surface area contributed by atoms with Gasteiger partial charge in [-0.25, -0.2) is 0 Å². The summed E-state index contributed by atoms with van der Waals surface area (Å²) in [6, 6.07) is 0. The fraction of sp³-hybridized carbons (Fsp3) is 1.00. The van der Waals surface area contributed by atoms with Gasteiger partial charge in [0.15, 0.2) is 0 Å². The largest absolute Gasteiger partial charge is 0.163 e. The van der Waals surface area contributed by atoms with Crippen LogP contribution in [0.3, 0.4) is 0 Å². The van der Waals surface area contributed by atoms with Crippen molar-refractivity contribution in [3.05, 3.63) is 0 Å². The van der Waals surface area contributed by atoms with E-state index in [-0.39, 0.29) is 14.9 Å². The number of hydrogen-bond donors (Lipinski definition) is 0. The molecule has 0 aromatic rings. The molecule has 0 fully saturated rings. The van der Waals surface area contributed by atoms with Gasteiger partial charge in [0, 0.05) is 0 Å². The lowest BCUT2D eigenvalue weighted by Gasteiger charge is -1.80. The minimum Gasteiger partial charge on any atom is -0.163 e. The normalized spacial score (nSPS) is 6.00. The second-order valence-electron chi connectivity index (χ2n) is 0.781. The molecular formula is C6H18S. The summed E-state index contributed by atoms with van der Waals surface area (Å²) in [5.41, 5.74) is 0. The van der Waals surface area contributed by atoms with Crippen LogP contribution in [0.25, 0.3) is 0 Å². The van der Waals surface area contributed by atoms with E-state index in [4.69, 9.17) is 0 Å². The first kappa shape index (κ1) is 15.7. The third kappa shape index (κ3) is 21.8. The SMILES string of the molecule is C.C.CCSCC. The van der Waals surface area contributed by atoms with E-state index >= 15 is 0 Å². The Morgan fingerprint density at radius 3 is 1.29 bits per heavy atom. The molecule has 0 N–H and O–H groups in total. The van der Waals surface area contributed by atoms with Gasteiger partial charge in [-0.2, -0.15) is 11.8 Å². The van der Waals surface area contributed by atoms with Crippen LogP contribution >= 0.6 is 11.8 Å². The number of hydrogen-bond acceptors (Lipinski definition) is 1. The monoisotopic (exact) mass is 122 g/mol. The van der Waals surface area contributed by atoms with Gasteiger partial charge in [0.1, 0.15) is 0 Å². The summed E-state index contributed by atoms with van der Waals surface area (Å²) in [4.78, 5) is 0. The fourth-order valence-electron chi connectivity index (χ4n) is 0.204. The molecule has 0 aliphatic rings. The standard InChI is InChI=1S/C4H10S.2CH4/c1-3-5-4-2;;/h3-4H2,1-2H3;2*1H4. The maximum atomic E-state index is 2.17. The van der Waals surface area contributed by atoms with Crippen LogP contribution in [0.2, 0.25) is 0 Å². The van der Waals surface area contributed by atoms with E-state index in [1.165, 1.54) is 11.5 Å². The second-order valence-corrected chi connectivity index (χ2v) is 2.34. The predicted octanol–water partition coefficient (Wildman–Crippen LogP) is 3.03. The van der Waals surface area contributed by atoms with Crippen molar-refractivity contribution in [1.29, 1.82) is 0 Å². The molecule has 0 atom stereocenters. The van der Waals surface area contributed by atoms with Crippen molar-refractivity contribution >= 4 is 11.8 Å². The van der Waals surface area contributed by atoms with E-state index in [1.54, 1.807) is 0 Å². The van der Waals surface area contributed by atoms with Gasteiger partial charge >= 0.3 is 0 Å². The van der Waals surface area contributed by atoms with E-state index in [2.05, 4.69) is 13.8 Å². The zero-order valence-corrected chi connectivity index (χ0v) is 4.64. The van der Waals surface area contributed by atoms with Gasteiger partial charge in [-0.3, -0.25) is 0 Å². The van der Waals surface area contributed by atoms with Crippen LogP contribution < -0.4 is 0 Å². The van der Waals surface area contributed by atoms with Crippen LogP contribution in [0, 0.1) is 0 Å². The Labute approximate surface area is 52.7 Å². The van der Waals surface area contributed by atoms with Crippen molar-refractivity contribution in [3.8, 4) is 0 Å². The van der Waals surface area contributed by atoms with Crippen LogP contribution in [-0.4, -0.2) is 11.5 Å². The van der Waals surface area contributed by atoms with Gasteiger partial charge in [0.2, 0.25) is 0 Å². The maximum absolute atomic E-state index is 2.17. The third-order valence-corrected chi connectivity index (χ3v) is 1.22. The van der Waals surface area contributed by atoms with E-state index < -0.39 is 0 Å². The molecule has 0 aliphatic heterocycles. The van der Waals surface area contributed by atoms with Crippen LogP contribution in [0.4, 0.5) is 0 Å². The Balaban J connectivity index is -0.0000000800. The third-order valence-electron chi connectivity index (χ3n) is 0.408. The summed E-state index contributed by atoms with van der Waals surface area (Å²) in [7, 11) is 0.